The van der Waals surface area contributed by atoms with Crippen LogP contribution in [-0.4, -0.2) is 21.0 Å². The molecule has 6 nitrogen and oxygen atoms in total. The van der Waals surface area contributed by atoms with Gasteiger partial charge in [0.25, 0.3) is 5.69 Å². The predicted molar refractivity (Wildman–Crippen MR) is 83.8 cm³/mol. The fourth-order valence-corrected chi connectivity index (χ4v) is 3.47. The third-order valence-corrected chi connectivity index (χ3v) is 4.82. The number of hydrogen-bond donors (Lipinski definition) is 1. The second-order valence-electron chi connectivity index (χ2n) is 3.79. The average molecular weight is 434 g/mol. The van der Waals surface area contributed by atoms with E-state index in [0.717, 1.165) is 22.4 Å². The van der Waals surface area contributed by atoms with Crippen molar-refractivity contribution in [3.63, 3.8) is 0 Å². The molecule has 1 heterocycles. The van der Waals surface area contributed by atoms with E-state index in [1.54, 1.807) is 12.1 Å². The first-order valence-corrected chi connectivity index (χ1v) is 7.79. The summed E-state index contributed by atoms with van der Waals surface area (Å²) in [6.07, 6.45) is 1.13. The minimum Gasteiger partial charge on any atom is -0.478 e. The van der Waals surface area contributed by atoms with Gasteiger partial charge in [-0.1, -0.05) is 27.7 Å². The third kappa shape index (κ3) is 3.80. The molecule has 1 N–H and O–H groups in total. The zero-order valence-electron chi connectivity index (χ0n) is 10.1. The van der Waals surface area contributed by atoms with Crippen molar-refractivity contribution in [3.8, 4) is 0 Å². The van der Waals surface area contributed by atoms with E-state index >= 15 is 0 Å². The molecule has 0 saturated heterocycles. The average Bonchev–Trinajstić information content (AvgIpc) is 2.40. The SMILES string of the molecule is O=C(O)c1ccc(Br)cc1Sc1ncc([N+](=O)[O-])cc1Br. The third-order valence-electron chi connectivity index (χ3n) is 2.38. The Bertz CT molecular complexity index is 739. The summed E-state index contributed by atoms with van der Waals surface area (Å²) in [6.45, 7) is 0. The molecule has 0 aliphatic rings. The second kappa shape index (κ2) is 6.54. The van der Waals surface area contributed by atoms with E-state index in [2.05, 4.69) is 36.8 Å². The first-order valence-electron chi connectivity index (χ1n) is 5.39. The lowest BCUT2D eigenvalue weighted by atomic mass is 10.2. The maximum Gasteiger partial charge on any atom is 0.336 e. The zero-order valence-corrected chi connectivity index (χ0v) is 14.1. The summed E-state index contributed by atoms with van der Waals surface area (Å²) in [5.41, 5.74) is -0.00539. The number of pyridine rings is 1. The Labute approximate surface area is 140 Å². The Balaban J connectivity index is 2.40. The van der Waals surface area contributed by atoms with Crippen LogP contribution in [0.5, 0.6) is 0 Å². The Morgan fingerprint density at radius 3 is 2.62 bits per heavy atom. The van der Waals surface area contributed by atoms with Gasteiger partial charge in [-0.15, -0.1) is 0 Å². The number of halogens is 2. The molecule has 21 heavy (non-hydrogen) atoms. The minimum atomic E-state index is -1.05. The lowest BCUT2D eigenvalue weighted by molar-refractivity contribution is -0.385. The fraction of sp³-hybridized carbons (Fsp3) is 0. The Morgan fingerprint density at radius 2 is 2.05 bits per heavy atom. The standard InChI is InChI=1S/C12H6Br2N2O4S/c13-6-1-2-8(12(17)18)10(3-6)21-11-9(14)4-7(5-15-11)16(19)20/h1-5H,(H,17,18). The molecule has 0 amide bonds. The summed E-state index contributed by atoms with van der Waals surface area (Å²) in [7, 11) is 0. The molecule has 0 fully saturated rings. The summed E-state index contributed by atoms with van der Waals surface area (Å²) in [4.78, 5) is 25.8. The molecule has 0 unspecified atom stereocenters. The van der Waals surface area contributed by atoms with Crippen molar-refractivity contribution in [2.24, 2.45) is 0 Å². The van der Waals surface area contributed by atoms with Gasteiger partial charge in [-0.25, -0.2) is 9.78 Å². The topological polar surface area (TPSA) is 93.3 Å². The molecule has 0 spiro atoms. The number of aromatic nitrogens is 1. The Kier molecular flexibility index (Phi) is 4.96. The summed E-state index contributed by atoms with van der Waals surface area (Å²) < 4.78 is 1.16. The molecule has 0 aliphatic carbocycles. The van der Waals surface area contributed by atoms with E-state index in [1.165, 1.54) is 12.1 Å². The van der Waals surface area contributed by atoms with Gasteiger partial charge in [0.1, 0.15) is 11.2 Å². The molecule has 1 aromatic carbocycles. The summed E-state index contributed by atoms with van der Waals surface area (Å²) in [5.74, 6) is -1.05. The molecular weight excluding hydrogens is 428 g/mol. The van der Waals surface area contributed by atoms with Gasteiger partial charge in [0.05, 0.1) is 15.0 Å². The fourth-order valence-electron chi connectivity index (χ4n) is 1.45. The number of nitro groups is 1. The predicted octanol–water partition coefficient (Wildman–Crippen LogP) is 4.36. The van der Waals surface area contributed by atoms with Gasteiger partial charge in [0, 0.05) is 15.4 Å². The van der Waals surface area contributed by atoms with Crippen LogP contribution in [0.15, 0.2) is 49.3 Å². The number of carboxylic acids is 1. The van der Waals surface area contributed by atoms with Crippen LogP contribution >= 0.6 is 43.6 Å². The molecule has 0 radical (unpaired) electrons. The van der Waals surface area contributed by atoms with Crippen LogP contribution in [0.1, 0.15) is 10.4 Å². The molecular formula is C12H6Br2N2O4S. The van der Waals surface area contributed by atoms with Gasteiger partial charge in [-0.2, -0.15) is 0 Å². The van der Waals surface area contributed by atoms with E-state index < -0.39 is 10.9 Å². The lowest BCUT2D eigenvalue weighted by Crippen LogP contribution is -1.99. The normalized spacial score (nSPS) is 10.4. The summed E-state index contributed by atoms with van der Waals surface area (Å²) >= 11 is 7.60. The van der Waals surface area contributed by atoms with Crippen molar-refractivity contribution in [2.75, 3.05) is 0 Å². The van der Waals surface area contributed by atoms with Crippen LogP contribution in [-0.2, 0) is 0 Å². The van der Waals surface area contributed by atoms with E-state index in [4.69, 9.17) is 0 Å². The quantitative estimate of drug-likeness (QED) is 0.568. The minimum absolute atomic E-state index is 0.134. The van der Waals surface area contributed by atoms with Gasteiger partial charge in [0.2, 0.25) is 0 Å². The molecule has 0 aliphatic heterocycles. The first-order chi connectivity index (χ1) is 9.88. The number of benzene rings is 1. The van der Waals surface area contributed by atoms with Gasteiger partial charge < -0.3 is 5.11 Å². The maximum atomic E-state index is 11.2. The Morgan fingerprint density at radius 1 is 1.33 bits per heavy atom. The molecule has 1 aromatic heterocycles. The van der Waals surface area contributed by atoms with Crippen molar-refractivity contribution in [3.05, 3.63) is 55.1 Å². The highest BCUT2D eigenvalue weighted by Crippen LogP contribution is 2.36. The van der Waals surface area contributed by atoms with Gasteiger partial charge >= 0.3 is 5.97 Å². The van der Waals surface area contributed by atoms with E-state index in [9.17, 15) is 20.0 Å². The number of carboxylic acid groups (broad SMARTS) is 1. The molecule has 0 saturated carbocycles. The maximum absolute atomic E-state index is 11.2. The molecule has 2 rings (SSSR count). The van der Waals surface area contributed by atoms with Crippen LogP contribution in [0.3, 0.4) is 0 Å². The molecule has 9 heteroatoms. The van der Waals surface area contributed by atoms with E-state index in [-0.39, 0.29) is 11.3 Å². The second-order valence-corrected chi connectivity index (χ2v) is 6.59. The van der Waals surface area contributed by atoms with Crippen LogP contribution in [0.2, 0.25) is 0 Å². The van der Waals surface area contributed by atoms with Gasteiger partial charge in [0.15, 0.2) is 0 Å². The highest BCUT2D eigenvalue weighted by atomic mass is 79.9. The lowest BCUT2D eigenvalue weighted by Gasteiger charge is -2.07. The highest BCUT2D eigenvalue weighted by Gasteiger charge is 2.16. The number of rotatable bonds is 4. The van der Waals surface area contributed by atoms with Crippen molar-refractivity contribution < 1.29 is 14.8 Å². The molecule has 108 valence electrons. The summed E-state index contributed by atoms with van der Waals surface area (Å²) in [6, 6.07) is 6.09. The molecule has 2 aromatic rings. The monoisotopic (exact) mass is 432 g/mol. The van der Waals surface area contributed by atoms with E-state index in [0.29, 0.717) is 14.4 Å². The zero-order chi connectivity index (χ0) is 15.6. The largest absolute Gasteiger partial charge is 0.478 e. The summed E-state index contributed by atoms with van der Waals surface area (Å²) in [5, 5.41) is 20.3. The van der Waals surface area contributed by atoms with Crippen LogP contribution in [0.25, 0.3) is 0 Å². The van der Waals surface area contributed by atoms with Crippen molar-refractivity contribution >= 4 is 55.3 Å². The molecule has 0 atom stereocenters. The number of carbonyl (C=O) groups is 1. The first kappa shape index (κ1) is 15.9. The smallest absolute Gasteiger partial charge is 0.336 e. The van der Waals surface area contributed by atoms with Gasteiger partial charge in [-0.3, -0.25) is 10.1 Å². The number of nitrogens with zero attached hydrogens (tertiary/aromatic N) is 2. The van der Waals surface area contributed by atoms with Crippen molar-refractivity contribution in [1.82, 2.24) is 4.98 Å². The highest BCUT2D eigenvalue weighted by molar-refractivity contribution is 9.10. The van der Waals surface area contributed by atoms with E-state index in [1.807, 2.05) is 0 Å². The van der Waals surface area contributed by atoms with Crippen molar-refractivity contribution in [2.45, 2.75) is 9.92 Å². The molecule has 0 bridgehead atoms. The van der Waals surface area contributed by atoms with Gasteiger partial charge in [-0.05, 0) is 34.1 Å². The number of hydrogen-bond acceptors (Lipinski definition) is 5. The Hall–Kier alpha value is -1.45. The van der Waals surface area contributed by atoms with Crippen molar-refractivity contribution in [1.29, 1.82) is 0 Å². The number of aromatic carboxylic acids is 1. The van der Waals surface area contributed by atoms with Crippen LogP contribution in [0, 0.1) is 10.1 Å². The van der Waals surface area contributed by atoms with Crippen LogP contribution < -0.4 is 0 Å². The van der Waals surface area contributed by atoms with Crippen LogP contribution in [0.4, 0.5) is 5.69 Å².